The SMILES string of the molecule is CCC(=O)C1CCC(OC)CC1. The van der Waals surface area contributed by atoms with Gasteiger partial charge in [0.25, 0.3) is 0 Å². The molecule has 2 nitrogen and oxygen atoms in total. The zero-order chi connectivity index (χ0) is 8.97. The molecule has 1 saturated carbocycles. The molecule has 0 atom stereocenters. The lowest BCUT2D eigenvalue weighted by molar-refractivity contribution is -0.124. The summed E-state index contributed by atoms with van der Waals surface area (Å²) in [7, 11) is 1.76. The lowest BCUT2D eigenvalue weighted by Gasteiger charge is -2.26. The van der Waals surface area contributed by atoms with Crippen LogP contribution < -0.4 is 0 Å². The van der Waals surface area contributed by atoms with Gasteiger partial charge in [-0.3, -0.25) is 4.79 Å². The van der Waals surface area contributed by atoms with Gasteiger partial charge in [-0.05, 0) is 25.7 Å². The summed E-state index contributed by atoms with van der Waals surface area (Å²) in [6.45, 7) is 1.95. The quantitative estimate of drug-likeness (QED) is 0.649. The molecule has 70 valence electrons. The van der Waals surface area contributed by atoms with Gasteiger partial charge in [0.15, 0.2) is 0 Å². The van der Waals surface area contributed by atoms with Crippen LogP contribution in [0.2, 0.25) is 0 Å². The maximum Gasteiger partial charge on any atom is 0.135 e. The molecular weight excluding hydrogens is 152 g/mol. The maximum absolute atomic E-state index is 11.3. The predicted octanol–water partition coefficient (Wildman–Crippen LogP) is 2.17. The van der Waals surface area contributed by atoms with Crippen molar-refractivity contribution in [3.05, 3.63) is 0 Å². The number of hydrogen-bond donors (Lipinski definition) is 0. The van der Waals surface area contributed by atoms with Crippen molar-refractivity contribution >= 4 is 5.78 Å². The number of hydrogen-bond acceptors (Lipinski definition) is 2. The molecular formula is C10H18O2. The highest BCUT2D eigenvalue weighted by Crippen LogP contribution is 2.26. The Hall–Kier alpha value is -0.370. The number of carbonyl (C=O) groups is 1. The van der Waals surface area contributed by atoms with E-state index in [0.29, 0.717) is 24.2 Å². The summed E-state index contributed by atoms with van der Waals surface area (Å²) in [6.07, 6.45) is 5.30. The summed E-state index contributed by atoms with van der Waals surface area (Å²) in [5.74, 6) is 0.769. The molecule has 0 N–H and O–H groups in total. The molecule has 1 rings (SSSR count). The van der Waals surface area contributed by atoms with E-state index in [0.717, 1.165) is 25.7 Å². The van der Waals surface area contributed by atoms with Crippen LogP contribution in [0.25, 0.3) is 0 Å². The van der Waals surface area contributed by atoms with Crippen molar-refractivity contribution in [3.8, 4) is 0 Å². The van der Waals surface area contributed by atoms with Gasteiger partial charge in [0.05, 0.1) is 6.10 Å². The van der Waals surface area contributed by atoms with Crippen LogP contribution >= 0.6 is 0 Å². The van der Waals surface area contributed by atoms with Crippen LogP contribution in [0.5, 0.6) is 0 Å². The van der Waals surface area contributed by atoms with Crippen molar-refractivity contribution in [2.75, 3.05) is 7.11 Å². The second kappa shape index (κ2) is 4.61. The highest BCUT2D eigenvalue weighted by molar-refractivity contribution is 5.80. The summed E-state index contributed by atoms with van der Waals surface area (Å²) in [5, 5.41) is 0. The van der Waals surface area contributed by atoms with Gasteiger partial charge < -0.3 is 4.74 Å². The summed E-state index contributed by atoms with van der Waals surface area (Å²) >= 11 is 0. The average molecular weight is 170 g/mol. The summed E-state index contributed by atoms with van der Waals surface area (Å²) in [6, 6.07) is 0. The minimum Gasteiger partial charge on any atom is -0.381 e. The molecule has 0 heterocycles. The third-order valence-electron chi connectivity index (χ3n) is 2.81. The van der Waals surface area contributed by atoms with E-state index >= 15 is 0 Å². The minimum absolute atomic E-state index is 0.335. The molecule has 2 heteroatoms. The third kappa shape index (κ3) is 2.31. The largest absolute Gasteiger partial charge is 0.381 e. The number of ketones is 1. The minimum atomic E-state index is 0.335. The van der Waals surface area contributed by atoms with Crippen LogP contribution in [0.1, 0.15) is 39.0 Å². The Morgan fingerprint density at radius 3 is 2.33 bits per heavy atom. The Morgan fingerprint density at radius 2 is 1.92 bits per heavy atom. The van der Waals surface area contributed by atoms with Crippen molar-refractivity contribution in [1.29, 1.82) is 0 Å². The fraction of sp³-hybridized carbons (Fsp3) is 0.900. The van der Waals surface area contributed by atoms with Gasteiger partial charge in [0, 0.05) is 19.4 Å². The fourth-order valence-corrected chi connectivity index (χ4v) is 1.91. The van der Waals surface area contributed by atoms with E-state index in [1.165, 1.54) is 0 Å². The number of ether oxygens (including phenoxy) is 1. The maximum atomic E-state index is 11.3. The highest BCUT2D eigenvalue weighted by Gasteiger charge is 2.24. The fourth-order valence-electron chi connectivity index (χ4n) is 1.91. The molecule has 0 amide bonds. The normalized spacial score (nSPS) is 30.2. The molecule has 1 fully saturated rings. The molecule has 0 aromatic rings. The lowest BCUT2D eigenvalue weighted by Crippen LogP contribution is -2.25. The van der Waals surface area contributed by atoms with E-state index in [2.05, 4.69) is 0 Å². The first-order chi connectivity index (χ1) is 5.77. The van der Waals surface area contributed by atoms with Gasteiger partial charge in [-0.1, -0.05) is 6.92 Å². The molecule has 0 aromatic carbocycles. The van der Waals surface area contributed by atoms with Crippen molar-refractivity contribution in [3.63, 3.8) is 0 Å². The second-order valence-electron chi connectivity index (χ2n) is 3.53. The van der Waals surface area contributed by atoms with E-state index in [1.54, 1.807) is 7.11 Å². The zero-order valence-electron chi connectivity index (χ0n) is 8.01. The van der Waals surface area contributed by atoms with E-state index in [9.17, 15) is 4.79 Å². The Kier molecular flexibility index (Phi) is 3.73. The van der Waals surface area contributed by atoms with Crippen molar-refractivity contribution in [2.24, 2.45) is 5.92 Å². The van der Waals surface area contributed by atoms with Crippen LogP contribution in [0.4, 0.5) is 0 Å². The molecule has 0 unspecified atom stereocenters. The first kappa shape index (κ1) is 9.72. The second-order valence-corrected chi connectivity index (χ2v) is 3.53. The average Bonchev–Trinajstić information content (AvgIpc) is 2.17. The Bertz CT molecular complexity index is 146. The molecule has 0 bridgehead atoms. The monoisotopic (exact) mass is 170 g/mol. The highest BCUT2D eigenvalue weighted by atomic mass is 16.5. The molecule has 0 radical (unpaired) electrons. The number of rotatable bonds is 3. The molecule has 1 aliphatic carbocycles. The van der Waals surface area contributed by atoms with Gasteiger partial charge in [-0.2, -0.15) is 0 Å². The summed E-state index contributed by atoms with van der Waals surface area (Å²) < 4.78 is 5.24. The Morgan fingerprint density at radius 1 is 1.33 bits per heavy atom. The smallest absolute Gasteiger partial charge is 0.135 e. The topological polar surface area (TPSA) is 26.3 Å². The predicted molar refractivity (Wildman–Crippen MR) is 48.1 cm³/mol. The molecule has 0 spiro atoms. The molecule has 12 heavy (non-hydrogen) atoms. The van der Waals surface area contributed by atoms with E-state index in [-0.39, 0.29) is 0 Å². The Labute approximate surface area is 74.3 Å². The lowest BCUT2D eigenvalue weighted by atomic mass is 9.84. The molecule has 0 aliphatic heterocycles. The van der Waals surface area contributed by atoms with Gasteiger partial charge >= 0.3 is 0 Å². The van der Waals surface area contributed by atoms with Crippen LogP contribution in [-0.2, 0) is 9.53 Å². The van der Waals surface area contributed by atoms with Crippen LogP contribution in [-0.4, -0.2) is 19.0 Å². The van der Waals surface area contributed by atoms with Crippen LogP contribution in [0.15, 0.2) is 0 Å². The zero-order valence-corrected chi connectivity index (χ0v) is 8.01. The van der Waals surface area contributed by atoms with E-state index < -0.39 is 0 Å². The number of methoxy groups -OCH3 is 1. The van der Waals surface area contributed by atoms with Crippen molar-refractivity contribution in [1.82, 2.24) is 0 Å². The van der Waals surface area contributed by atoms with E-state index in [4.69, 9.17) is 4.74 Å². The molecule has 0 saturated heterocycles. The number of Topliss-reactive ketones (excluding diaryl/α,β-unsaturated/α-hetero) is 1. The van der Waals surface area contributed by atoms with Crippen molar-refractivity contribution in [2.45, 2.75) is 45.1 Å². The van der Waals surface area contributed by atoms with E-state index in [1.807, 2.05) is 6.92 Å². The summed E-state index contributed by atoms with van der Waals surface area (Å²) in [4.78, 5) is 11.3. The van der Waals surface area contributed by atoms with Gasteiger partial charge in [0.2, 0.25) is 0 Å². The summed E-state index contributed by atoms with van der Waals surface area (Å²) in [5.41, 5.74) is 0. The first-order valence-electron chi connectivity index (χ1n) is 4.83. The van der Waals surface area contributed by atoms with Gasteiger partial charge in [0.1, 0.15) is 5.78 Å². The third-order valence-corrected chi connectivity index (χ3v) is 2.81. The van der Waals surface area contributed by atoms with Crippen LogP contribution in [0.3, 0.4) is 0 Å². The van der Waals surface area contributed by atoms with Crippen LogP contribution in [0, 0.1) is 5.92 Å². The molecule has 1 aliphatic rings. The van der Waals surface area contributed by atoms with Crippen molar-refractivity contribution < 1.29 is 9.53 Å². The standard InChI is InChI=1S/C10H18O2/c1-3-10(11)8-4-6-9(12-2)7-5-8/h8-9H,3-7H2,1-2H3. The van der Waals surface area contributed by atoms with Gasteiger partial charge in [-0.25, -0.2) is 0 Å². The number of carbonyl (C=O) groups excluding carboxylic acids is 1. The van der Waals surface area contributed by atoms with Gasteiger partial charge in [-0.15, -0.1) is 0 Å². The molecule has 0 aromatic heterocycles. The Balaban J connectivity index is 2.30. The first-order valence-corrected chi connectivity index (χ1v) is 4.83.